The van der Waals surface area contributed by atoms with Gasteiger partial charge in [-0.1, -0.05) is 40.7 Å². The standard InChI is InChI=1S/C8H14O2S3/c1-3-7-13(9,10)8-5-6-12-11-4-2/h3,5-6H,1,4,7-8H2,2H3/b6-5-. The predicted octanol–water partition coefficient (Wildman–Crippen LogP) is 2.50. The lowest BCUT2D eigenvalue weighted by Crippen LogP contribution is -2.06. The molecule has 76 valence electrons. The molecule has 0 atom stereocenters. The second-order valence-electron chi connectivity index (χ2n) is 2.24. The van der Waals surface area contributed by atoms with Crippen molar-refractivity contribution < 1.29 is 8.42 Å². The van der Waals surface area contributed by atoms with Crippen LogP contribution in [-0.4, -0.2) is 25.7 Å². The first-order valence-electron chi connectivity index (χ1n) is 3.87. The molecule has 0 saturated carbocycles. The van der Waals surface area contributed by atoms with Crippen molar-refractivity contribution in [3.05, 3.63) is 24.1 Å². The molecule has 0 aromatic rings. The van der Waals surface area contributed by atoms with Crippen LogP contribution in [0, 0.1) is 0 Å². The number of hydrogen-bond donors (Lipinski definition) is 0. The smallest absolute Gasteiger partial charge is 0.157 e. The number of sulfone groups is 1. The molecule has 0 rings (SSSR count). The summed E-state index contributed by atoms with van der Waals surface area (Å²) in [5.74, 6) is 1.19. The third kappa shape index (κ3) is 8.46. The van der Waals surface area contributed by atoms with Gasteiger partial charge >= 0.3 is 0 Å². The molecule has 0 amide bonds. The summed E-state index contributed by atoms with van der Waals surface area (Å²) in [7, 11) is 0.298. The first-order valence-corrected chi connectivity index (χ1v) is 8.07. The van der Waals surface area contributed by atoms with Gasteiger partial charge in [0.2, 0.25) is 0 Å². The zero-order chi connectivity index (χ0) is 10.2. The highest BCUT2D eigenvalue weighted by Gasteiger charge is 2.03. The Morgan fingerprint density at radius 3 is 2.62 bits per heavy atom. The van der Waals surface area contributed by atoms with E-state index in [1.807, 2.05) is 5.41 Å². The first-order chi connectivity index (χ1) is 6.12. The minimum absolute atomic E-state index is 0.0585. The molecule has 0 radical (unpaired) electrons. The summed E-state index contributed by atoms with van der Waals surface area (Å²) < 4.78 is 22.2. The van der Waals surface area contributed by atoms with E-state index < -0.39 is 9.84 Å². The van der Waals surface area contributed by atoms with E-state index in [-0.39, 0.29) is 11.5 Å². The van der Waals surface area contributed by atoms with E-state index in [9.17, 15) is 8.42 Å². The molecule has 0 aromatic carbocycles. The quantitative estimate of drug-likeness (QED) is 0.388. The van der Waals surface area contributed by atoms with Crippen LogP contribution in [-0.2, 0) is 9.84 Å². The molecule has 2 nitrogen and oxygen atoms in total. The molecular formula is C8H14O2S3. The summed E-state index contributed by atoms with van der Waals surface area (Å²) in [5, 5.41) is 1.81. The molecule has 0 aliphatic rings. The third-order valence-electron chi connectivity index (χ3n) is 1.06. The molecule has 5 heteroatoms. The third-order valence-corrected chi connectivity index (χ3v) is 4.63. The SMILES string of the molecule is C=CCS(=O)(=O)C/C=C\SSCC. The molecule has 0 N–H and O–H groups in total. The molecule has 0 aliphatic heterocycles. The Morgan fingerprint density at radius 1 is 1.38 bits per heavy atom. The average molecular weight is 238 g/mol. The molecule has 0 bridgehead atoms. The lowest BCUT2D eigenvalue weighted by molar-refractivity contribution is 0.602. The van der Waals surface area contributed by atoms with E-state index in [2.05, 4.69) is 13.5 Å². The normalized spacial score (nSPS) is 12.1. The van der Waals surface area contributed by atoms with Crippen LogP contribution >= 0.6 is 21.6 Å². The maximum absolute atomic E-state index is 11.1. The van der Waals surface area contributed by atoms with Gasteiger partial charge in [-0.15, -0.1) is 6.58 Å². The van der Waals surface area contributed by atoms with Crippen molar-refractivity contribution in [2.45, 2.75) is 6.92 Å². The van der Waals surface area contributed by atoms with Gasteiger partial charge < -0.3 is 0 Å². The summed E-state index contributed by atoms with van der Waals surface area (Å²) in [6.07, 6.45) is 3.09. The maximum Gasteiger partial charge on any atom is 0.157 e. The number of hydrogen-bond acceptors (Lipinski definition) is 4. The Labute approximate surface area is 88.2 Å². The monoisotopic (exact) mass is 238 g/mol. The van der Waals surface area contributed by atoms with Crippen molar-refractivity contribution >= 4 is 31.4 Å². The molecule has 0 unspecified atom stereocenters. The summed E-state index contributed by atoms with van der Waals surface area (Å²) in [6.45, 7) is 5.45. The summed E-state index contributed by atoms with van der Waals surface area (Å²) in [6, 6.07) is 0. The zero-order valence-electron chi connectivity index (χ0n) is 7.60. The highest BCUT2D eigenvalue weighted by Crippen LogP contribution is 2.21. The Bertz CT molecular complexity index is 255. The van der Waals surface area contributed by atoms with Crippen LogP contribution in [0.25, 0.3) is 0 Å². The molecular weight excluding hydrogens is 224 g/mol. The van der Waals surface area contributed by atoms with Gasteiger partial charge in [0, 0.05) is 5.75 Å². The van der Waals surface area contributed by atoms with Gasteiger partial charge in [-0.2, -0.15) is 0 Å². The van der Waals surface area contributed by atoms with Crippen LogP contribution in [0.5, 0.6) is 0 Å². The average Bonchev–Trinajstić information content (AvgIpc) is 2.04. The van der Waals surface area contributed by atoms with Gasteiger partial charge in [0.25, 0.3) is 0 Å². The van der Waals surface area contributed by atoms with Crippen LogP contribution < -0.4 is 0 Å². The lowest BCUT2D eigenvalue weighted by Gasteiger charge is -1.94. The molecule has 0 heterocycles. The van der Waals surface area contributed by atoms with E-state index >= 15 is 0 Å². The van der Waals surface area contributed by atoms with Crippen LogP contribution in [0.1, 0.15) is 6.92 Å². The topological polar surface area (TPSA) is 34.1 Å². The highest BCUT2D eigenvalue weighted by molar-refractivity contribution is 8.77. The van der Waals surface area contributed by atoms with Gasteiger partial charge in [0.1, 0.15) is 0 Å². The molecule has 0 aliphatic carbocycles. The maximum atomic E-state index is 11.1. The van der Waals surface area contributed by atoms with E-state index in [1.165, 1.54) is 6.08 Å². The van der Waals surface area contributed by atoms with E-state index in [0.29, 0.717) is 0 Å². The molecule has 0 saturated heterocycles. The van der Waals surface area contributed by atoms with Crippen LogP contribution in [0.4, 0.5) is 0 Å². The lowest BCUT2D eigenvalue weighted by atomic mass is 10.7. The fourth-order valence-corrected chi connectivity index (χ4v) is 2.86. The van der Waals surface area contributed by atoms with Gasteiger partial charge in [-0.05, 0) is 5.41 Å². The van der Waals surface area contributed by atoms with Crippen LogP contribution in [0.15, 0.2) is 24.1 Å². The number of rotatable bonds is 7. The fraction of sp³-hybridized carbons (Fsp3) is 0.500. The molecule has 13 heavy (non-hydrogen) atoms. The summed E-state index contributed by atoms with van der Waals surface area (Å²) in [5.41, 5.74) is 0. The molecule has 0 spiro atoms. The van der Waals surface area contributed by atoms with Crippen molar-refractivity contribution in [3.8, 4) is 0 Å². The van der Waals surface area contributed by atoms with Crippen LogP contribution in [0.3, 0.4) is 0 Å². The van der Waals surface area contributed by atoms with Crippen LogP contribution in [0.2, 0.25) is 0 Å². The minimum Gasteiger partial charge on any atom is -0.228 e. The summed E-state index contributed by atoms with van der Waals surface area (Å²) in [4.78, 5) is 0. The van der Waals surface area contributed by atoms with Crippen molar-refractivity contribution in [2.24, 2.45) is 0 Å². The van der Waals surface area contributed by atoms with Crippen molar-refractivity contribution in [3.63, 3.8) is 0 Å². The summed E-state index contributed by atoms with van der Waals surface area (Å²) >= 11 is 0. The van der Waals surface area contributed by atoms with Crippen molar-refractivity contribution in [1.29, 1.82) is 0 Å². The second-order valence-corrected chi connectivity index (χ2v) is 6.96. The van der Waals surface area contributed by atoms with Gasteiger partial charge in [-0.25, -0.2) is 8.42 Å². The fourth-order valence-electron chi connectivity index (χ4n) is 0.580. The van der Waals surface area contributed by atoms with Crippen molar-refractivity contribution in [1.82, 2.24) is 0 Å². The Hall–Kier alpha value is 0.130. The molecule has 0 aromatic heterocycles. The van der Waals surface area contributed by atoms with Gasteiger partial charge in [0.05, 0.1) is 11.5 Å². The zero-order valence-corrected chi connectivity index (χ0v) is 10.1. The first kappa shape index (κ1) is 13.1. The second kappa shape index (κ2) is 7.53. The van der Waals surface area contributed by atoms with Gasteiger partial charge in [-0.3, -0.25) is 0 Å². The molecule has 0 fully saturated rings. The van der Waals surface area contributed by atoms with E-state index in [1.54, 1.807) is 27.7 Å². The Morgan fingerprint density at radius 2 is 2.08 bits per heavy atom. The van der Waals surface area contributed by atoms with Crippen molar-refractivity contribution in [2.75, 3.05) is 17.3 Å². The van der Waals surface area contributed by atoms with Gasteiger partial charge in [0.15, 0.2) is 9.84 Å². The van der Waals surface area contributed by atoms with E-state index in [4.69, 9.17) is 0 Å². The Kier molecular flexibility index (Phi) is 7.60. The van der Waals surface area contributed by atoms with E-state index in [0.717, 1.165) is 5.75 Å². The Balaban J connectivity index is 3.74. The minimum atomic E-state index is -2.95. The highest BCUT2D eigenvalue weighted by atomic mass is 33.1. The largest absolute Gasteiger partial charge is 0.228 e. The predicted molar refractivity (Wildman–Crippen MR) is 63.7 cm³/mol.